The second-order valence-corrected chi connectivity index (χ2v) is 3.51. The Hall–Kier alpha value is -0.660. The summed E-state index contributed by atoms with van der Waals surface area (Å²) in [6.07, 6.45) is 0.943. The second-order valence-electron chi connectivity index (χ2n) is 2.81. The maximum Gasteiger partial charge on any atom is 0.125 e. The summed E-state index contributed by atoms with van der Waals surface area (Å²) in [5, 5.41) is 0.498. The quantitative estimate of drug-likeness (QED) is 0.762. The molecule has 0 atom stereocenters. The molecule has 1 aromatic carbocycles. The van der Waals surface area contributed by atoms with E-state index in [1.165, 1.54) is 11.1 Å². The molecule has 1 nitrogen and oxygen atoms in total. The Balaban J connectivity index is 2.66. The highest BCUT2D eigenvalue weighted by molar-refractivity contribution is 6.36. The molecule has 1 rings (SSSR count). The third-order valence-corrected chi connectivity index (χ3v) is 2.43. The molecule has 0 aliphatic rings. The molecule has 0 radical (unpaired) electrons. The number of halogens is 2. The Morgan fingerprint density at radius 2 is 2.14 bits per heavy atom. The summed E-state index contributed by atoms with van der Waals surface area (Å²) in [5.74, 6) is 0.867. The first-order valence-electron chi connectivity index (χ1n) is 4.43. The monoisotopic (exact) mass is 230 g/mol. The van der Waals surface area contributed by atoms with Gasteiger partial charge in [0.05, 0.1) is 5.03 Å². The van der Waals surface area contributed by atoms with Crippen molar-refractivity contribution < 1.29 is 4.74 Å². The van der Waals surface area contributed by atoms with Gasteiger partial charge in [0.15, 0.2) is 0 Å². The van der Waals surface area contributed by atoms with Crippen LogP contribution >= 0.6 is 23.2 Å². The molecular formula is C11H12Cl2O. The van der Waals surface area contributed by atoms with Crippen molar-refractivity contribution in [2.75, 3.05) is 6.61 Å². The molecular weight excluding hydrogens is 219 g/mol. The number of ether oxygens (including phenoxy) is 1. The van der Waals surface area contributed by atoms with Crippen LogP contribution in [0.15, 0.2) is 34.8 Å². The second kappa shape index (κ2) is 5.94. The van der Waals surface area contributed by atoms with Gasteiger partial charge in [0.1, 0.15) is 12.4 Å². The Labute approximate surface area is 94.3 Å². The van der Waals surface area contributed by atoms with E-state index in [0.29, 0.717) is 11.6 Å². The summed E-state index contributed by atoms with van der Waals surface area (Å²) in [6, 6.07) is 7.89. The van der Waals surface area contributed by atoms with Crippen LogP contribution in [0.25, 0.3) is 0 Å². The minimum atomic E-state index is 0.321. The van der Waals surface area contributed by atoms with E-state index >= 15 is 0 Å². The lowest BCUT2D eigenvalue weighted by molar-refractivity contribution is 0.355. The highest BCUT2D eigenvalue weighted by Gasteiger charge is 2.00. The van der Waals surface area contributed by atoms with Crippen LogP contribution < -0.4 is 4.74 Å². The van der Waals surface area contributed by atoms with Gasteiger partial charge in [-0.1, -0.05) is 48.3 Å². The third kappa shape index (κ3) is 3.24. The zero-order valence-electron chi connectivity index (χ0n) is 7.97. The van der Waals surface area contributed by atoms with E-state index in [1.54, 1.807) is 0 Å². The molecule has 0 N–H and O–H groups in total. The Morgan fingerprint density at radius 1 is 1.43 bits per heavy atom. The molecule has 0 amide bonds. The summed E-state index contributed by atoms with van der Waals surface area (Å²) in [7, 11) is 0. The average Bonchev–Trinajstić information content (AvgIpc) is 2.26. The lowest BCUT2D eigenvalue weighted by Crippen LogP contribution is -1.99. The van der Waals surface area contributed by atoms with Gasteiger partial charge in [-0.15, -0.1) is 0 Å². The Bertz CT molecular complexity index is 321. The van der Waals surface area contributed by atoms with Gasteiger partial charge in [0.25, 0.3) is 0 Å². The fraction of sp³-hybridized carbons (Fsp3) is 0.273. The zero-order chi connectivity index (χ0) is 10.4. The molecule has 0 aromatic heterocycles. The predicted molar refractivity (Wildman–Crippen MR) is 61.1 cm³/mol. The van der Waals surface area contributed by atoms with Crippen molar-refractivity contribution in [3.05, 3.63) is 40.4 Å². The fourth-order valence-electron chi connectivity index (χ4n) is 1.11. The molecule has 14 heavy (non-hydrogen) atoms. The molecule has 76 valence electrons. The molecule has 0 spiro atoms. The fourth-order valence-corrected chi connectivity index (χ4v) is 1.23. The average molecular weight is 231 g/mol. The van der Waals surface area contributed by atoms with Gasteiger partial charge in [-0.2, -0.15) is 0 Å². The number of aryl methyl sites for hydroxylation is 1. The molecule has 0 unspecified atom stereocenters. The first-order valence-corrected chi connectivity index (χ1v) is 5.24. The molecule has 0 aliphatic heterocycles. The normalized spacial score (nSPS) is 11.5. The zero-order valence-corrected chi connectivity index (χ0v) is 9.48. The summed E-state index contributed by atoms with van der Waals surface area (Å²) < 4.78 is 5.50. The Morgan fingerprint density at radius 3 is 2.79 bits per heavy atom. The SMILES string of the molecule is CCc1ccccc1OCC(Cl)=CCl. The van der Waals surface area contributed by atoms with E-state index in [4.69, 9.17) is 27.9 Å². The van der Waals surface area contributed by atoms with Crippen LogP contribution in [0.1, 0.15) is 12.5 Å². The smallest absolute Gasteiger partial charge is 0.125 e. The summed E-state index contributed by atoms with van der Waals surface area (Å²) in [4.78, 5) is 0. The van der Waals surface area contributed by atoms with Crippen LogP contribution in [0.5, 0.6) is 5.75 Å². The topological polar surface area (TPSA) is 9.23 Å². The van der Waals surface area contributed by atoms with Crippen LogP contribution in [0.2, 0.25) is 0 Å². The summed E-state index contributed by atoms with van der Waals surface area (Å²) in [6.45, 7) is 2.41. The van der Waals surface area contributed by atoms with Crippen molar-refractivity contribution in [3.63, 3.8) is 0 Å². The molecule has 0 heterocycles. The van der Waals surface area contributed by atoms with Crippen LogP contribution in [-0.4, -0.2) is 6.61 Å². The molecule has 0 fully saturated rings. The van der Waals surface area contributed by atoms with Crippen LogP contribution in [0.3, 0.4) is 0 Å². The van der Waals surface area contributed by atoms with E-state index in [-0.39, 0.29) is 0 Å². The molecule has 1 aromatic rings. The number of hydrogen-bond donors (Lipinski definition) is 0. The van der Waals surface area contributed by atoms with Gasteiger partial charge in [0.2, 0.25) is 0 Å². The van der Waals surface area contributed by atoms with Crippen LogP contribution in [0.4, 0.5) is 0 Å². The molecule has 0 bridgehead atoms. The molecule has 0 saturated heterocycles. The van der Waals surface area contributed by atoms with Gasteiger partial charge in [-0.05, 0) is 18.1 Å². The Kier molecular flexibility index (Phi) is 4.85. The van der Waals surface area contributed by atoms with Crippen LogP contribution in [0, 0.1) is 0 Å². The van der Waals surface area contributed by atoms with E-state index < -0.39 is 0 Å². The molecule has 0 saturated carbocycles. The van der Waals surface area contributed by atoms with Crippen molar-refractivity contribution in [2.24, 2.45) is 0 Å². The van der Waals surface area contributed by atoms with Crippen molar-refractivity contribution >= 4 is 23.2 Å². The molecule has 0 aliphatic carbocycles. The van der Waals surface area contributed by atoms with Gasteiger partial charge in [0, 0.05) is 5.54 Å². The first-order chi connectivity index (χ1) is 6.77. The standard InChI is InChI=1S/C11H12Cl2O/c1-2-9-5-3-4-6-11(9)14-8-10(13)7-12/h3-7H,2,8H2,1H3. The summed E-state index contributed by atoms with van der Waals surface area (Å²) in [5.41, 5.74) is 2.49. The largest absolute Gasteiger partial charge is 0.488 e. The van der Waals surface area contributed by atoms with Crippen molar-refractivity contribution in [1.29, 1.82) is 0 Å². The van der Waals surface area contributed by atoms with Gasteiger partial charge < -0.3 is 4.74 Å². The minimum Gasteiger partial charge on any atom is -0.488 e. The van der Waals surface area contributed by atoms with Crippen LogP contribution in [-0.2, 0) is 6.42 Å². The number of hydrogen-bond acceptors (Lipinski definition) is 1. The van der Waals surface area contributed by atoms with E-state index in [0.717, 1.165) is 12.2 Å². The lowest BCUT2D eigenvalue weighted by atomic mass is 10.1. The van der Waals surface area contributed by atoms with Crippen molar-refractivity contribution in [3.8, 4) is 5.75 Å². The van der Waals surface area contributed by atoms with Gasteiger partial charge >= 0.3 is 0 Å². The van der Waals surface area contributed by atoms with E-state index in [2.05, 4.69) is 6.92 Å². The van der Waals surface area contributed by atoms with Crippen molar-refractivity contribution in [2.45, 2.75) is 13.3 Å². The minimum absolute atomic E-state index is 0.321. The predicted octanol–water partition coefficient (Wildman–Crippen LogP) is 3.95. The molecule has 3 heteroatoms. The maximum atomic E-state index is 5.71. The highest BCUT2D eigenvalue weighted by Crippen LogP contribution is 2.19. The highest BCUT2D eigenvalue weighted by atomic mass is 35.5. The van der Waals surface area contributed by atoms with E-state index in [9.17, 15) is 0 Å². The number of para-hydroxylation sites is 1. The summed E-state index contributed by atoms with van der Waals surface area (Å²) >= 11 is 11.1. The third-order valence-electron chi connectivity index (χ3n) is 1.84. The number of benzene rings is 1. The van der Waals surface area contributed by atoms with Crippen molar-refractivity contribution in [1.82, 2.24) is 0 Å². The van der Waals surface area contributed by atoms with Gasteiger partial charge in [-0.25, -0.2) is 0 Å². The lowest BCUT2D eigenvalue weighted by Gasteiger charge is -2.08. The van der Waals surface area contributed by atoms with E-state index in [1.807, 2.05) is 24.3 Å². The maximum absolute atomic E-state index is 5.71. The number of rotatable bonds is 4. The first kappa shape index (κ1) is 11.4. The van der Waals surface area contributed by atoms with Gasteiger partial charge in [-0.3, -0.25) is 0 Å².